The average Bonchev–Trinajstić information content (AvgIpc) is 2.80. The summed E-state index contributed by atoms with van der Waals surface area (Å²) in [5.74, 6) is -0.763. The van der Waals surface area contributed by atoms with Gasteiger partial charge in [-0.05, 0) is 42.8 Å². The summed E-state index contributed by atoms with van der Waals surface area (Å²) in [5, 5.41) is 9.15. The number of nitrogens with zero attached hydrogens (tertiary/aromatic N) is 3. The van der Waals surface area contributed by atoms with Crippen LogP contribution in [-0.2, 0) is 11.3 Å². The van der Waals surface area contributed by atoms with Gasteiger partial charge in [0.25, 0.3) is 5.91 Å². The number of hydrogen-bond donors (Lipinski definition) is 0. The van der Waals surface area contributed by atoms with Crippen molar-refractivity contribution in [3.63, 3.8) is 0 Å². The van der Waals surface area contributed by atoms with Gasteiger partial charge in [0, 0.05) is 5.69 Å². The fraction of sp³-hybridized carbons (Fsp3) is 0.167. The molecule has 6 heteroatoms. The highest BCUT2D eigenvalue weighted by Crippen LogP contribution is 2.27. The van der Waals surface area contributed by atoms with Crippen LogP contribution in [-0.4, -0.2) is 22.9 Å². The van der Waals surface area contributed by atoms with E-state index in [0.717, 1.165) is 4.90 Å². The van der Waals surface area contributed by atoms with E-state index in [-0.39, 0.29) is 12.5 Å². The van der Waals surface area contributed by atoms with Gasteiger partial charge in [-0.2, -0.15) is 5.26 Å². The van der Waals surface area contributed by atoms with Crippen LogP contribution in [0.2, 0.25) is 0 Å². The molecule has 3 amide bonds. The van der Waals surface area contributed by atoms with Gasteiger partial charge in [-0.1, -0.05) is 18.2 Å². The molecular formula is C18H14FN3O2. The molecule has 5 nitrogen and oxygen atoms in total. The molecule has 2 aromatic rings. The van der Waals surface area contributed by atoms with Gasteiger partial charge >= 0.3 is 6.03 Å². The number of anilines is 1. The molecule has 0 aromatic heterocycles. The van der Waals surface area contributed by atoms with Crippen LogP contribution in [0.3, 0.4) is 0 Å². The molecule has 3 rings (SSSR count). The fourth-order valence-corrected chi connectivity index (χ4v) is 2.74. The minimum Gasteiger partial charge on any atom is -0.282 e. The van der Waals surface area contributed by atoms with Crippen molar-refractivity contribution >= 4 is 17.6 Å². The summed E-state index contributed by atoms with van der Waals surface area (Å²) in [7, 11) is 0. The first kappa shape index (κ1) is 15.7. The predicted octanol–water partition coefficient (Wildman–Crippen LogP) is 3.05. The maximum atomic E-state index is 13.1. The summed E-state index contributed by atoms with van der Waals surface area (Å²) in [6.45, 7) is 1.66. The summed E-state index contributed by atoms with van der Waals surface area (Å²) in [6, 6.07) is 13.1. The Labute approximate surface area is 138 Å². The van der Waals surface area contributed by atoms with Gasteiger partial charge < -0.3 is 0 Å². The SMILES string of the molecule is C[C@@H]1C(=O)N(Cc2ccccc2C#N)C(=O)N1c1ccc(F)cc1. The van der Waals surface area contributed by atoms with E-state index >= 15 is 0 Å². The molecule has 0 radical (unpaired) electrons. The average molecular weight is 323 g/mol. The molecule has 0 saturated carbocycles. The number of carbonyl (C=O) groups is 2. The summed E-state index contributed by atoms with van der Waals surface area (Å²) < 4.78 is 13.1. The first-order valence-corrected chi connectivity index (χ1v) is 7.41. The molecule has 1 aliphatic heterocycles. The first-order valence-electron chi connectivity index (χ1n) is 7.41. The molecule has 1 atom stereocenters. The zero-order valence-corrected chi connectivity index (χ0v) is 12.9. The van der Waals surface area contributed by atoms with E-state index in [9.17, 15) is 14.0 Å². The summed E-state index contributed by atoms with van der Waals surface area (Å²) >= 11 is 0. The Hall–Kier alpha value is -3.20. The molecule has 2 aromatic carbocycles. The highest BCUT2D eigenvalue weighted by molar-refractivity contribution is 6.13. The smallest absolute Gasteiger partial charge is 0.282 e. The number of rotatable bonds is 3. The van der Waals surface area contributed by atoms with Gasteiger partial charge in [0.1, 0.15) is 11.9 Å². The second-order valence-corrected chi connectivity index (χ2v) is 5.50. The molecule has 0 N–H and O–H groups in total. The largest absolute Gasteiger partial charge is 0.332 e. The van der Waals surface area contributed by atoms with E-state index in [4.69, 9.17) is 5.26 Å². The van der Waals surface area contributed by atoms with Gasteiger partial charge in [0.05, 0.1) is 18.2 Å². The van der Waals surface area contributed by atoms with Crippen molar-refractivity contribution in [3.05, 3.63) is 65.5 Å². The number of carbonyl (C=O) groups excluding carboxylic acids is 2. The third kappa shape index (κ3) is 2.61. The van der Waals surface area contributed by atoms with Gasteiger partial charge in [-0.3, -0.25) is 14.6 Å². The molecule has 0 bridgehead atoms. The minimum absolute atomic E-state index is 0.0312. The molecule has 0 spiro atoms. The van der Waals surface area contributed by atoms with Crippen molar-refractivity contribution in [3.8, 4) is 6.07 Å². The van der Waals surface area contributed by atoms with Crippen LogP contribution in [0, 0.1) is 17.1 Å². The number of imide groups is 1. The Bertz CT molecular complexity index is 842. The van der Waals surface area contributed by atoms with Crippen LogP contribution in [0.4, 0.5) is 14.9 Å². The Kier molecular flexibility index (Phi) is 4.00. The fourth-order valence-electron chi connectivity index (χ4n) is 2.74. The number of halogens is 1. The van der Waals surface area contributed by atoms with Gasteiger partial charge in [-0.25, -0.2) is 9.18 Å². The molecule has 0 aliphatic carbocycles. The van der Waals surface area contributed by atoms with Crippen molar-refractivity contribution in [2.75, 3.05) is 4.90 Å². The third-order valence-electron chi connectivity index (χ3n) is 4.02. The number of amides is 3. The quantitative estimate of drug-likeness (QED) is 0.816. The number of hydrogen-bond acceptors (Lipinski definition) is 3. The highest BCUT2D eigenvalue weighted by atomic mass is 19.1. The Morgan fingerprint density at radius 2 is 1.79 bits per heavy atom. The van der Waals surface area contributed by atoms with E-state index in [1.807, 2.05) is 0 Å². The topological polar surface area (TPSA) is 64.4 Å². The van der Waals surface area contributed by atoms with Gasteiger partial charge in [-0.15, -0.1) is 0 Å². The second-order valence-electron chi connectivity index (χ2n) is 5.50. The molecule has 0 unspecified atom stereocenters. The number of urea groups is 1. The minimum atomic E-state index is -0.683. The van der Waals surface area contributed by atoms with Crippen LogP contribution in [0.15, 0.2) is 48.5 Å². The van der Waals surface area contributed by atoms with E-state index in [2.05, 4.69) is 6.07 Å². The second kappa shape index (κ2) is 6.13. The number of nitriles is 1. The van der Waals surface area contributed by atoms with Crippen LogP contribution in [0.5, 0.6) is 0 Å². The zero-order valence-electron chi connectivity index (χ0n) is 12.9. The molecular weight excluding hydrogens is 309 g/mol. The predicted molar refractivity (Wildman–Crippen MR) is 85.4 cm³/mol. The Balaban J connectivity index is 1.91. The summed E-state index contributed by atoms with van der Waals surface area (Å²) in [4.78, 5) is 27.6. The highest BCUT2D eigenvalue weighted by Gasteiger charge is 2.43. The van der Waals surface area contributed by atoms with E-state index in [1.54, 1.807) is 31.2 Å². The van der Waals surface area contributed by atoms with Crippen LogP contribution >= 0.6 is 0 Å². The zero-order chi connectivity index (χ0) is 17.3. The molecule has 24 heavy (non-hydrogen) atoms. The lowest BCUT2D eigenvalue weighted by atomic mass is 10.1. The van der Waals surface area contributed by atoms with Crippen LogP contribution in [0.1, 0.15) is 18.1 Å². The van der Waals surface area contributed by atoms with Crippen molar-refractivity contribution in [2.24, 2.45) is 0 Å². The van der Waals surface area contributed by atoms with Gasteiger partial charge in [0.2, 0.25) is 0 Å². The van der Waals surface area contributed by atoms with Crippen LogP contribution < -0.4 is 4.90 Å². The van der Waals surface area contributed by atoms with Crippen molar-refractivity contribution in [2.45, 2.75) is 19.5 Å². The molecule has 1 fully saturated rings. The molecule has 1 saturated heterocycles. The normalized spacial score (nSPS) is 17.3. The summed E-state index contributed by atoms with van der Waals surface area (Å²) in [6.07, 6.45) is 0. The Morgan fingerprint density at radius 1 is 1.12 bits per heavy atom. The lowest BCUT2D eigenvalue weighted by Gasteiger charge is -2.19. The molecule has 120 valence electrons. The lowest BCUT2D eigenvalue weighted by molar-refractivity contribution is -0.127. The van der Waals surface area contributed by atoms with Crippen molar-refractivity contribution in [1.82, 2.24) is 4.90 Å². The van der Waals surface area contributed by atoms with Crippen molar-refractivity contribution in [1.29, 1.82) is 5.26 Å². The van der Waals surface area contributed by atoms with Crippen molar-refractivity contribution < 1.29 is 14.0 Å². The van der Waals surface area contributed by atoms with E-state index < -0.39 is 17.9 Å². The maximum absolute atomic E-state index is 13.1. The third-order valence-corrected chi connectivity index (χ3v) is 4.02. The van der Waals surface area contributed by atoms with E-state index in [0.29, 0.717) is 16.8 Å². The number of benzene rings is 2. The van der Waals surface area contributed by atoms with Gasteiger partial charge in [0.15, 0.2) is 0 Å². The molecule has 1 heterocycles. The Morgan fingerprint density at radius 3 is 2.46 bits per heavy atom. The summed E-state index contributed by atoms with van der Waals surface area (Å²) in [5.41, 5.74) is 1.49. The first-order chi connectivity index (χ1) is 11.5. The lowest BCUT2D eigenvalue weighted by Crippen LogP contribution is -2.33. The van der Waals surface area contributed by atoms with E-state index in [1.165, 1.54) is 29.2 Å². The van der Waals surface area contributed by atoms with Crippen LogP contribution in [0.25, 0.3) is 0 Å². The maximum Gasteiger partial charge on any atom is 0.332 e. The molecule has 1 aliphatic rings. The monoisotopic (exact) mass is 323 g/mol. The standard InChI is InChI=1S/C18H14FN3O2/c1-12-17(23)21(11-14-5-3-2-4-13(14)10-20)18(24)22(12)16-8-6-15(19)7-9-16/h2-9,12H,11H2,1H3/t12-/m1/s1.